The molecule has 3 fully saturated rings. The first-order chi connectivity index (χ1) is 13.4. The van der Waals surface area contributed by atoms with E-state index >= 15 is 0 Å². The van der Waals surface area contributed by atoms with E-state index in [4.69, 9.17) is 0 Å². The number of nitrogens with zero attached hydrogens (tertiary/aromatic N) is 6. The molecule has 1 unspecified atom stereocenters. The number of halogens is 2. The Balaban J connectivity index is 1.30. The van der Waals surface area contributed by atoms with Crippen LogP contribution >= 0.6 is 0 Å². The molecule has 1 aliphatic carbocycles. The van der Waals surface area contributed by atoms with Crippen molar-refractivity contribution in [2.75, 3.05) is 23.3 Å². The SMILES string of the molecule is Cn1cc(Nc2nccc(N3C[C@H]4CC[C@H](C3)N4C(=O)C3CC3(F)F)n2)cn1. The van der Waals surface area contributed by atoms with Crippen molar-refractivity contribution in [3.63, 3.8) is 0 Å². The van der Waals surface area contributed by atoms with Crippen LogP contribution in [0.1, 0.15) is 19.3 Å². The summed E-state index contributed by atoms with van der Waals surface area (Å²) in [5.41, 5.74) is 0.792. The minimum Gasteiger partial charge on any atom is -0.352 e. The van der Waals surface area contributed by atoms with Gasteiger partial charge in [0.1, 0.15) is 11.7 Å². The smallest absolute Gasteiger partial charge is 0.260 e. The monoisotopic (exact) mass is 389 g/mol. The maximum Gasteiger partial charge on any atom is 0.260 e. The van der Waals surface area contributed by atoms with Gasteiger partial charge in [-0.25, -0.2) is 13.8 Å². The summed E-state index contributed by atoms with van der Waals surface area (Å²) in [4.78, 5) is 25.2. The topological polar surface area (TPSA) is 79.2 Å². The molecule has 3 atom stereocenters. The quantitative estimate of drug-likeness (QED) is 0.859. The van der Waals surface area contributed by atoms with Gasteiger partial charge in [-0.05, 0) is 18.9 Å². The Labute approximate surface area is 160 Å². The average Bonchev–Trinajstić information content (AvgIpc) is 2.96. The lowest BCUT2D eigenvalue weighted by Crippen LogP contribution is -2.56. The Bertz CT molecular complexity index is 903. The van der Waals surface area contributed by atoms with Crippen molar-refractivity contribution in [3.8, 4) is 0 Å². The summed E-state index contributed by atoms with van der Waals surface area (Å²) in [6.45, 7) is 1.20. The number of amides is 1. The third-order valence-electron chi connectivity index (χ3n) is 5.79. The number of alkyl halides is 2. The average molecular weight is 389 g/mol. The number of piperazine rings is 1. The number of aryl methyl sites for hydroxylation is 1. The van der Waals surface area contributed by atoms with E-state index in [9.17, 15) is 13.6 Å². The lowest BCUT2D eigenvalue weighted by Gasteiger charge is -2.41. The third kappa shape index (κ3) is 2.96. The number of carbonyl (C=O) groups is 1. The molecule has 10 heteroatoms. The highest BCUT2D eigenvalue weighted by Gasteiger charge is 2.64. The van der Waals surface area contributed by atoms with E-state index in [-0.39, 0.29) is 24.4 Å². The molecule has 148 valence electrons. The fourth-order valence-electron chi connectivity index (χ4n) is 4.31. The van der Waals surface area contributed by atoms with E-state index in [0.717, 1.165) is 24.3 Å². The Morgan fingerprint density at radius 1 is 1.29 bits per heavy atom. The standard InChI is InChI=1S/C18H21F2N7O/c1-25-8-11(7-22-25)23-17-21-5-4-15(24-17)26-9-12-2-3-13(10-26)27(12)16(28)14-6-18(14,19)20/h4-5,7-8,12-14H,2-3,6,9-10H2,1H3,(H,21,23,24)/t12-,13-,14?/m1/s1. The first kappa shape index (κ1) is 17.3. The van der Waals surface area contributed by atoms with Gasteiger partial charge in [-0.2, -0.15) is 10.1 Å². The van der Waals surface area contributed by atoms with Crippen LogP contribution in [0.15, 0.2) is 24.7 Å². The molecule has 2 bridgehead atoms. The molecule has 8 nitrogen and oxygen atoms in total. The lowest BCUT2D eigenvalue weighted by molar-refractivity contribution is -0.138. The second kappa shape index (κ2) is 6.11. The maximum atomic E-state index is 13.4. The molecule has 2 aromatic heterocycles. The predicted molar refractivity (Wildman–Crippen MR) is 97.4 cm³/mol. The van der Waals surface area contributed by atoms with Crippen LogP contribution in [-0.2, 0) is 11.8 Å². The number of rotatable bonds is 4. The number of hydrogen-bond acceptors (Lipinski definition) is 6. The molecule has 1 amide bonds. The molecule has 0 radical (unpaired) electrons. The van der Waals surface area contributed by atoms with Crippen LogP contribution in [0, 0.1) is 5.92 Å². The molecular formula is C18H21F2N7O. The highest BCUT2D eigenvalue weighted by atomic mass is 19.3. The van der Waals surface area contributed by atoms with Crippen LogP contribution < -0.4 is 10.2 Å². The number of carbonyl (C=O) groups excluding carboxylic acids is 1. The van der Waals surface area contributed by atoms with Crippen LogP contribution in [0.5, 0.6) is 0 Å². The van der Waals surface area contributed by atoms with E-state index in [2.05, 4.69) is 25.3 Å². The van der Waals surface area contributed by atoms with Crippen molar-refractivity contribution in [2.24, 2.45) is 13.0 Å². The molecule has 28 heavy (non-hydrogen) atoms. The normalized spacial score (nSPS) is 27.8. The first-order valence-electron chi connectivity index (χ1n) is 9.44. The molecule has 4 heterocycles. The van der Waals surface area contributed by atoms with E-state index in [1.54, 1.807) is 22.0 Å². The molecule has 2 aliphatic heterocycles. The number of hydrogen-bond donors (Lipinski definition) is 1. The van der Waals surface area contributed by atoms with E-state index in [1.165, 1.54) is 0 Å². The predicted octanol–water partition coefficient (Wildman–Crippen LogP) is 1.79. The Morgan fingerprint density at radius 3 is 2.61 bits per heavy atom. The Morgan fingerprint density at radius 2 is 2.00 bits per heavy atom. The van der Waals surface area contributed by atoms with Crippen molar-refractivity contribution < 1.29 is 13.6 Å². The summed E-state index contributed by atoms with van der Waals surface area (Å²) in [5.74, 6) is -3.07. The van der Waals surface area contributed by atoms with E-state index < -0.39 is 11.8 Å². The van der Waals surface area contributed by atoms with Gasteiger partial charge in [0.2, 0.25) is 11.9 Å². The molecule has 2 aromatic rings. The molecule has 0 spiro atoms. The minimum atomic E-state index is -2.81. The molecule has 1 saturated carbocycles. The zero-order chi connectivity index (χ0) is 19.5. The molecule has 3 aliphatic rings. The minimum absolute atomic E-state index is 0.0349. The number of anilines is 3. The molecule has 2 saturated heterocycles. The highest BCUT2D eigenvalue weighted by Crippen LogP contribution is 2.51. The Hall–Kier alpha value is -2.78. The van der Waals surface area contributed by atoms with Gasteiger partial charge in [0.15, 0.2) is 0 Å². The van der Waals surface area contributed by atoms with Gasteiger partial charge in [0.05, 0.1) is 11.9 Å². The van der Waals surface area contributed by atoms with Crippen LogP contribution in [0.4, 0.5) is 26.2 Å². The summed E-state index contributed by atoms with van der Waals surface area (Å²) in [6, 6.07) is 1.76. The first-order valence-corrected chi connectivity index (χ1v) is 9.44. The number of aromatic nitrogens is 4. The van der Waals surface area contributed by atoms with Gasteiger partial charge in [-0.15, -0.1) is 0 Å². The largest absolute Gasteiger partial charge is 0.352 e. The van der Waals surface area contributed by atoms with Gasteiger partial charge in [-0.3, -0.25) is 9.48 Å². The summed E-state index contributed by atoms with van der Waals surface area (Å²) in [7, 11) is 1.83. The molecule has 0 aromatic carbocycles. The summed E-state index contributed by atoms with van der Waals surface area (Å²) in [5, 5.41) is 7.23. The van der Waals surface area contributed by atoms with Crippen molar-refractivity contribution in [1.82, 2.24) is 24.6 Å². The molecular weight excluding hydrogens is 368 g/mol. The van der Waals surface area contributed by atoms with Crippen LogP contribution in [0.2, 0.25) is 0 Å². The van der Waals surface area contributed by atoms with Crippen LogP contribution in [0.25, 0.3) is 0 Å². The van der Waals surface area contributed by atoms with Gasteiger partial charge in [0.25, 0.3) is 5.92 Å². The second-order valence-electron chi connectivity index (χ2n) is 7.82. The van der Waals surface area contributed by atoms with Crippen molar-refractivity contribution in [2.45, 2.75) is 37.3 Å². The second-order valence-corrected chi connectivity index (χ2v) is 7.82. The van der Waals surface area contributed by atoms with Gasteiger partial charge in [0, 0.05) is 51.0 Å². The maximum absolute atomic E-state index is 13.4. The van der Waals surface area contributed by atoms with E-state index in [0.29, 0.717) is 19.0 Å². The number of fused-ring (bicyclic) bond motifs is 2. The van der Waals surface area contributed by atoms with Crippen LogP contribution in [0.3, 0.4) is 0 Å². The summed E-state index contributed by atoms with van der Waals surface area (Å²) < 4.78 is 28.4. The van der Waals surface area contributed by atoms with Crippen molar-refractivity contribution in [1.29, 1.82) is 0 Å². The third-order valence-corrected chi connectivity index (χ3v) is 5.79. The number of nitrogens with one attached hydrogen (secondary N) is 1. The Kier molecular flexibility index (Phi) is 3.78. The van der Waals surface area contributed by atoms with Gasteiger partial charge < -0.3 is 15.1 Å². The lowest BCUT2D eigenvalue weighted by atomic mass is 10.1. The van der Waals surface area contributed by atoms with E-state index in [1.807, 2.05) is 19.3 Å². The van der Waals surface area contributed by atoms with Crippen LogP contribution in [-0.4, -0.2) is 61.7 Å². The highest BCUT2D eigenvalue weighted by molar-refractivity contribution is 5.84. The zero-order valence-electron chi connectivity index (χ0n) is 15.4. The summed E-state index contributed by atoms with van der Waals surface area (Å²) in [6.07, 6.45) is 6.59. The summed E-state index contributed by atoms with van der Waals surface area (Å²) >= 11 is 0. The molecule has 1 N–H and O–H groups in total. The fourth-order valence-corrected chi connectivity index (χ4v) is 4.31. The van der Waals surface area contributed by atoms with Gasteiger partial charge in [-0.1, -0.05) is 0 Å². The fraction of sp³-hybridized carbons (Fsp3) is 0.556. The van der Waals surface area contributed by atoms with Crippen molar-refractivity contribution in [3.05, 3.63) is 24.7 Å². The zero-order valence-corrected chi connectivity index (χ0v) is 15.4. The molecule has 5 rings (SSSR count). The van der Waals surface area contributed by atoms with Crippen molar-refractivity contribution >= 4 is 23.4 Å². The van der Waals surface area contributed by atoms with Gasteiger partial charge >= 0.3 is 0 Å².